The monoisotopic (exact) mass is 404 g/mol. The molecule has 8 heteroatoms. The van der Waals surface area contributed by atoms with Gasteiger partial charge < -0.3 is 26.0 Å². The average molecular weight is 405 g/mol. The highest BCUT2D eigenvalue weighted by Gasteiger charge is 2.30. The van der Waals surface area contributed by atoms with E-state index in [2.05, 4.69) is 22.6 Å². The van der Waals surface area contributed by atoms with Gasteiger partial charge in [-0.05, 0) is 58.0 Å². The van der Waals surface area contributed by atoms with Crippen LogP contribution in [0, 0.1) is 0 Å². The van der Waals surface area contributed by atoms with E-state index in [1.165, 1.54) is 0 Å². The SMILES string of the molecule is CN1CCC(Nc2ccccc2NC(=O)[C@@H]2CC[C@H](CN)O2)CC1.Cl.Cl. The number of halogens is 2. The number of hydrogen-bond acceptors (Lipinski definition) is 5. The third-order valence-corrected chi connectivity index (χ3v) is 4.93. The van der Waals surface area contributed by atoms with E-state index in [-0.39, 0.29) is 36.8 Å². The third-order valence-electron chi connectivity index (χ3n) is 4.93. The number of para-hydroxylation sites is 2. The molecular weight excluding hydrogens is 375 g/mol. The summed E-state index contributed by atoms with van der Waals surface area (Å²) in [6, 6.07) is 8.33. The van der Waals surface area contributed by atoms with E-state index >= 15 is 0 Å². The number of anilines is 2. The van der Waals surface area contributed by atoms with Gasteiger partial charge in [0.05, 0.1) is 17.5 Å². The molecule has 2 heterocycles. The lowest BCUT2D eigenvalue weighted by Crippen LogP contribution is -2.37. The minimum atomic E-state index is -0.394. The highest BCUT2D eigenvalue weighted by atomic mass is 35.5. The molecule has 2 aliphatic heterocycles. The van der Waals surface area contributed by atoms with E-state index in [0.29, 0.717) is 12.6 Å². The second-order valence-corrected chi connectivity index (χ2v) is 6.82. The van der Waals surface area contributed by atoms with Gasteiger partial charge in [-0.2, -0.15) is 0 Å². The van der Waals surface area contributed by atoms with Crippen molar-refractivity contribution >= 4 is 42.1 Å². The number of ether oxygens (including phenoxy) is 1. The van der Waals surface area contributed by atoms with Crippen molar-refractivity contribution in [3.05, 3.63) is 24.3 Å². The van der Waals surface area contributed by atoms with Crippen LogP contribution in [-0.2, 0) is 9.53 Å². The molecule has 0 spiro atoms. The van der Waals surface area contributed by atoms with Crippen molar-refractivity contribution in [1.82, 2.24) is 4.90 Å². The number of amides is 1. The molecule has 0 saturated carbocycles. The molecule has 0 bridgehead atoms. The number of nitrogens with two attached hydrogens (primary N) is 1. The topological polar surface area (TPSA) is 79.6 Å². The summed E-state index contributed by atoms with van der Waals surface area (Å²) < 4.78 is 5.68. The van der Waals surface area contributed by atoms with E-state index in [4.69, 9.17) is 10.5 Å². The second kappa shape index (κ2) is 10.9. The molecule has 2 atom stereocenters. The maximum atomic E-state index is 12.5. The van der Waals surface area contributed by atoms with Crippen molar-refractivity contribution in [3.8, 4) is 0 Å². The Morgan fingerprint density at radius 3 is 2.42 bits per heavy atom. The molecule has 148 valence electrons. The first-order valence-electron chi connectivity index (χ1n) is 8.86. The molecule has 2 aliphatic rings. The number of benzene rings is 1. The normalized spacial score (nSPS) is 23.6. The zero-order chi connectivity index (χ0) is 16.9. The first-order chi connectivity index (χ1) is 11.7. The first-order valence-corrected chi connectivity index (χ1v) is 8.86. The number of hydrogen-bond donors (Lipinski definition) is 3. The van der Waals surface area contributed by atoms with Crippen molar-refractivity contribution in [1.29, 1.82) is 0 Å². The number of nitrogens with zero attached hydrogens (tertiary/aromatic N) is 1. The fourth-order valence-corrected chi connectivity index (χ4v) is 3.38. The summed E-state index contributed by atoms with van der Waals surface area (Å²) in [5, 5.41) is 6.60. The molecule has 2 saturated heterocycles. The molecule has 6 nitrogen and oxygen atoms in total. The van der Waals surface area contributed by atoms with Crippen LogP contribution in [0.2, 0.25) is 0 Å². The fraction of sp³-hybridized carbons (Fsp3) is 0.611. The van der Waals surface area contributed by atoms with Gasteiger partial charge in [-0.3, -0.25) is 4.79 Å². The number of rotatable bonds is 5. The maximum absolute atomic E-state index is 12.5. The molecule has 1 aromatic carbocycles. The van der Waals surface area contributed by atoms with Gasteiger partial charge in [0.1, 0.15) is 6.10 Å². The van der Waals surface area contributed by atoms with Crippen molar-refractivity contribution < 1.29 is 9.53 Å². The van der Waals surface area contributed by atoms with Gasteiger partial charge in [-0.1, -0.05) is 12.1 Å². The molecule has 4 N–H and O–H groups in total. The molecule has 1 amide bonds. The van der Waals surface area contributed by atoms with Gasteiger partial charge in [-0.25, -0.2) is 0 Å². The second-order valence-electron chi connectivity index (χ2n) is 6.82. The maximum Gasteiger partial charge on any atom is 0.253 e. The highest BCUT2D eigenvalue weighted by Crippen LogP contribution is 2.26. The number of nitrogens with one attached hydrogen (secondary N) is 2. The van der Waals surface area contributed by atoms with Crippen molar-refractivity contribution in [2.45, 2.75) is 43.9 Å². The van der Waals surface area contributed by atoms with Crippen LogP contribution in [-0.4, -0.2) is 55.7 Å². The molecule has 0 radical (unpaired) electrons. The molecule has 3 rings (SSSR count). The molecule has 2 fully saturated rings. The van der Waals surface area contributed by atoms with Crippen LogP contribution in [0.1, 0.15) is 25.7 Å². The zero-order valence-electron chi connectivity index (χ0n) is 15.1. The van der Waals surface area contributed by atoms with E-state index in [1.54, 1.807) is 0 Å². The summed E-state index contributed by atoms with van der Waals surface area (Å²) in [5.41, 5.74) is 7.42. The van der Waals surface area contributed by atoms with Gasteiger partial charge in [0, 0.05) is 12.6 Å². The van der Waals surface area contributed by atoms with Crippen molar-refractivity contribution in [3.63, 3.8) is 0 Å². The Kier molecular flexibility index (Phi) is 9.68. The lowest BCUT2D eigenvalue weighted by Gasteiger charge is -2.30. The van der Waals surface area contributed by atoms with Crippen LogP contribution >= 0.6 is 24.8 Å². The number of carbonyl (C=O) groups excluding carboxylic acids is 1. The summed E-state index contributed by atoms with van der Waals surface area (Å²) in [6.07, 6.45) is 3.43. The Morgan fingerprint density at radius 2 is 1.81 bits per heavy atom. The minimum absolute atomic E-state index is 0. The summed E-state index contributed by atoms with van der Waals surface area (Å²) >= 11 is 0. The first kappa shape index (κ1) is 23.0. The molecule has 0 unspecified atom stereocenters. The van der Waals surface area contributed by atoms with E-state index in [9.17, 15) is 4.79 Å². The van der Waals surface area contributed by atoms with Crippen molar-refractivity contribution in [2.24, 2.45) is 5.73 Å². The Hall–Kier alpha value is -1.05. The van der Waals surface area contributed by atoms with Gasteiger partial charge >= 0.3 is 0 Å². The fourth-order valence-electron chi connectivity index (χ4n) is 3.38. The summed E-state index contributed by atoms with van der Waals surface area (Å²) in [5.74, 6) is -0.0800. The summed E-state index contributed by atoms with van der Waals surface area (Å²) in [6.45, 7) is 2.67. The minimum Gasteiger partial charge on any atom is -0.381 e. The Balaban J connectivity index is 0.00000169. The van der Waals surface area contributed by atoms with Crippen LogP contribution < -0.4 is 16.4 Å². The Labute approximate surface area is 168 Å². The van der Waals surface area contributed by atoms with Crippen LogP contribution in [0.3, 0.4) is 0 Å². The molecule has 0 aliphatic carbocycles. The largest absolute Gasteiger partial charge is 0.381 e. The molecule has 0 aromatic heterocycles. The number of carbonyl (C=O) groups is 1. The number of piperidine rings is 1. The predicted octanol–water partition coefficient (Wildman–Crippen LogP) is 2.48. The smallest absolute Gasteiger partial charge is 0.253 e. The van der Waals surface area contributed by atoms with E-state index < -0.39 is 6.10 Å². The third kappa shape index (κ3) is 5.99. The van der Waals surface area contributed by atoms with Crippen LogP contribution in [0.4, 0.5) is 11.4 Å². The standard InChI is InChI=1S/C18H28N4O2.2ClH/c1-22-10-8-13(9-11-22)20-15-4-2-3-5-16(15)21-18(23)17-7-6-14(12-19)24-17;;/h2-5,13-14,17,20H,6-12,19H2,1H3,(H,21,23);2*1H/t14-,17+;;/m1../s1. The Morgan fingerprint density at radius 1 is 1.15 bits per heavy atom. The lowest BCUT2D eigenvalue weighted by molar-refractivity contribution is -0.126. The predicted molar refractivity (Wildman–Crippen MR) is 111 cm³/mol. The highest BCUT2D eigenvalue weighted by molar-refractivity contribution is 5.97. The average Bonchev–Trinajstić information content (AvgIpc) is 3.08. The van der Waals surface area contributed by atoms with Gasteiger partial charge in [0.2, 0.25) is 0 Å². The summed E-state index contributed by atoms with van der Waals surface area (Å²) in [4.78, 5) is 14.8. The van der Waals surface area contributed by atoms with Crippen molar-refractivity contribution in [2.75, 3.05) is 37.3 Å². The Bertz CT molecular complexity index is 568. The van der Waals surface area contributed by atoms with Crippen LogP contribution in [0.15, 0.2) is 24.3 Å². The zero-order valence-corrected chi connectivity index (χ0v) is 16.8. The summed E-state index contributed by atoms with van der Waals surface area (Å²) in [7, 11) is 2.15. The van der Waals surface area contributed by atoms with Gasteiger partial charge in [0.25, 0.3) is 5.91 Å². The molecular formula is C18H30Cl2N4O2. The van der Waals surface area contributed by atoms with Crippen LogP contribution in [0.5, 0.6) is 0 Å². The van der Waals surface area contributed by atoms with Gasteiger partial charge in [-0.15, -0.1) is 24.8 Å². The molecule has 1 aromatic rings. The lowest BCUT2D eigenvalue weighted by atomic mass is 10.0. The van der Waals surface area contributed by atoms with Crippen LogP contribution in [0.25, 0.3) is 0 Å². The van der Waals surface area contributed by atoms with E-state index in [0.717, 1.165) is 50.1 Å². The quantitative estimate of drug-likeness (QED) is 0.702. The molecule has 26 heavy (non-hydrogen) atoms. The van der Waals surface area contributed by atoms with Gasteiger partial charge in [0.15, 0.2) is 0 Å². The van der Waals surface area contributed by atoms with E-state index in [1.807, 2.05) is 24.3 Å². The number of likely N-dealkylation sites (tertiary alicyclic amines) is 1.